The summed E-state index contributed by atoms with van der Waals surface area (Å²) in [7, 11) is 0. The van der Waals surface area contributed by atoms with Gasteiger partial charge in [0.15, 0.2) is 0 Å². The highest BCUT2D eigenvalue weighted by molar-refractivity contribution is 5.91. The highest BCUT2D eigenvalue weighted by Crippen LogP contribution is 2.38. The molecule has 0 heterocycles. The Bertz CT molecular complexity index is 576. The normalized spacial score (nSPS) is 14.6. The fourth-order valence-electron chi connectivity index (χ4n) is 3.48. The quantitative estimate of drug-likeness (QED) is 0.655. The van der Waals surface area contributed by atoms with E-state index >= 15 is 0 Å². The second kappa shape index (κ2) is 3.87. The van der Waals surface area contributed by atoms with Gasteiger partial charge >= 0.3 is 0 Å². The number of benzene rings is 2. The molecule has 0 atom stereocenters. The largest absolute Gasteiger partial charge is 0.0616 e. The second-order valence-electron chi connectivity index (χ2n) is 5.55. The van der Waals surface area contributed by atoms with Gasteiger partial charge in [-0.3, -0.25) is 0 Å². The lowest BCUT2D eigenvalue weighted by Crippen LogP contribution is -2.00. The molecule has 3 rings (SSSR count). The molecule has 1 aliphatic carbocycles. The predicted octanol–water partition coefficient (Wildman–Crippen LogP) is 4.76. The lowest BCUT2D eigenvalue weighted by molar-refractivity contribution is 0.847. The third kappa shape index (κ3) is 1.50. The van der Waals surface area contributed by atoms with E-state index in [1.807, 2.05) is 0 Å². The maximum absolute atomic E-state index is 2.33. The van der Waals surface area contributed by atoms with Crippen molar-refractivity contribution in [2.45, 2.75) is 46.0 Å². The number of rotatable bonds is 1. The van der Waals surface area contributed by atoms with Crippen LogP contribution in [-0.4, -0.2) is 0 Å². The second-order valence-corrected chi connectivity index (χ2v) is 5.55. The standard InChI is InChI=1S/C17H20/c1-11(2)17-15-8-5-4-7-13(15)12(3)14-9-6-10-16(14)17/h4-5,7-8,11H,6,9-10H2,1-3H3. The topological polar surface area (TPSA) is 0 Å². The summed E-state index contributed by atoms with van der Waals surface area (Å²) in [6, 6.07) is 8.93. The van der Waals surface area contributed by atoms with Crippen molar-refractivity contribution >= 4 is 10.8 Å². The van der Waals surface area contributed by atoms with Crippen LogP contribution in [0.4, 0.5) is 0 Å². The van der Waals surface area contributed by atoms with Crippen LogP contribution in [0.25, 0.3) is 10.8 Å². The van der Waals surface area contributed by atoms with Crippen molar-refractivity contribution in [3.05, 3.63) is 46.5 Å². The molecular formula is C17H20. The first-order valence-electron chi connectivity index (χ1n) is 6.73. The zero-order chi connectivity index (χ0) is 12.0. The van der Waals surface area contributed by atoms with Gasteiger partial charge in [-0.25, -0.2) is 0 Å². The molecule has 0 nitrogen and oxygen atoms in total. The molecule has 0 N–H and O–H groups in total. The van der Waals surface area contributed by atoms with Crippen molar-refractivity contribution in [1.82, 2.24) is 0 Å². The molecule has 2 aromatic rings. The van der Waals surface area contributed by atoms with Crippen molar-refractivity contribution < 1.29 is 0 Å². The Labute approximate surface area is 104 Å². The van der Waals surface area contributed by atoms with Gasteiger partial charge < -0.3 is 0 Å². The minimum absolute atomic E-state index is 0.632. The Morgan fingerprint density at radius 3 is 2.29 bits per heavy atom. The van der Waals surface area contributed by atoms with Crippen molar-refractivity contribution in [3.8, 4) is 0 Å². The molecule has 0 spiro atoms. The Morgan fingerprint density at radius 1 is 0.941 bits per heavy atom. The molecule has 0 aliphatic heterocycles. The predicted molar refractivity (Wildman–Crippen MR) is 74.8 cm³/mol. The van der Waals surface area contributed by atoms with Crippen molar-refractivity contribution in [3.63, 3.8) is 0 Å². The van der Waals surface area contributed by atoms with Crippen LogP contribution in [0, 0.1) is 6.92 Å². The summed E-state index contributed by atoms with van der Waals surface area (Å²) in [6.45, 7) is 6.96. The van der Waals surface area contributed by atoms with Crippen LogP contribution in [0.2, 0.25) is 0 Å². The van der Waals surface area contributed by atoms with Crippen LogP contribution >= 0.6 is 0 Å². The van der Waals surface area contributed by atoms with E-state index in [2.05, 4.69) is 45.0 Å². The molecule has 17 heavy (non-hydrogen) atoms. The third-order valence-electron chi connectivity index (χ3n) is 4.19. The molecule has 1 aliphatic rings. The molecule has 0 saturated carbocycles. The first-order chi connectivity index (χ1) is 8.20. The summed E-state index contributed by atoms with van der Waals surface area (Å²) in [5, 5.41) is 2.96. The first-order valence-corrected chi connectivity index (χ1v) is 6.73. The van der Waals surface area contributed by atoms with Gasteiger partial charge in [0.1, 0.15) is 0 Å². The van der Waals surface area contributed by atoms with E-state index < -0.39 is 0 Å². The summed E-state index contributed by atoms with van der Waals surface area (Å²) in [5.74, 6) is 0.632. The monoisotopic (exact) mass is 224 g/mol. The van der Waals surface area contributed by atoms with Gasteiger partial charge in [-0.1, -0.05) is 38.1 Å². The summed E-state index contributed by atoms with van der Waals surface area (Å²) in [5.41, 5.74) is 6.44. The molecule has 0 unspecified atom stereocenters. The Hall–Kier alpha value is -1.30. The van der Waals surface area contributed by atoms with E-state index in [0.717, 1.165) is 0 Å². The van der Waals surface area contributed by atoms with Gasteiger partial charge in [-0.05, 0) is 65.1 Å². The fourth-order valence-corrected chi connectivity index (χ4v) is 3.48. The number of hydrogen-bond donors (Lipinski definition) is 0. The molecule has 0 radical (unpaired) electrons. The third-order valence-corrected chi connectivity index (χ3v) is 4.19. The maximum atomic E-state index is 2.33. The zero-order valence-electron chi connectivity index (χ0n) is 11.0. The molecule has 0 amide bonds. The Morgan fingerprint density at radius 2 is 1.59 bits per heavy atom. The summed E-state index contributed by atoms with van der Waals surface area (Å²) >= 11 is 0. The van der Waals surface area contributed by atoms with Crippen LogP contribution in [0.15, 0.2) is 24.3 Å². The lowest BCUT2D eigenvalue weighted by Gasteiger charge is -2.18. The maximum Gasteiger partial charge on any atom is -0.0144 e. The van der Waals surface area contributed by atoms with Crippen LogP contribution in [0.3, 0.4) is 0 Å². The zero-order valence-corrected chi connectivity index (χ0v) is 11.0. The Balaban J connectivity index is 2.48. The molecule has 2 aromatic carbocycles. The summed E-state index contributed by atoms with van der Waals surface area (Å²) in [4.78, 5) is 0. The minimum atomic E-state index is 0.632. The molecule has 0 saturated heterocycles. The average molecular weight is 224 g/mol. The lowest BCUT2D eigenvalue weighted by atomic mass is 9.86. The first kappa shape index (κ1) is 10.8. The van der Waals surface area contributed by atoms with Crippen LogP contribution in [0.5, 0.6) is 0 Å². The summed E-state index contributed by atoms with van der Waals surface area (Å²) < 4.78 is 0. The van der Waals surface area contributed by atoms with Crippen molar-refractivity contribution in [1.29, 1.82) is 0 Å². The van der Waals surface area contributed by atoms with Gasteiger partial charge in [0, 0.05) is 0 Å². The van der Waals surface area contributed by atoms with Gasteiger partial charge in [-0.2, -0.15) is 0 Å². The van der Waals surface area contributed by atoms with E-state index in [9.17, 15) is 0 Å². The number of hydrogen-bond acceptors (Lipinski definition) is 0. The number of aryl methyl sites for hydroxylation is 1. The van der Waals surface area contributed by atoms with Crippen molar-refractivity contribution in [2.75, 3.05) is 0 Å². The van der Waals surface area contributed by atoms with Gasteiger partial charge in [0.25, 0.3) is 0 Å². The SMILES string of the molecule is Cc1c2c(c(C(C)C)c3ccccc13)CCC2. The smallest absolute Gasteiger partial charge is 0.0144 e. The van der Waals surface area contributed by atoms with Gasteiger partial charge in [0.05, 0.1) is 0 Å². The van der Waals surface area contributed by atoms with Crippen LogP contribution < -0.4 is 0 Å². The van der Waals surface area contributed by atoms with Gasteiger partial charge in [-0.15, -0.1) is 0 Å². The molecule has 0 bridgehead atoms. The van der Waals surface area contributed by atoms with Gasteiger partial charge in [0.2, 0.25) is 0 Å². The van der Waals surface area contributed by atoms with Crippen LogP contribution in [-0.2, 0) is 12.8 Å². The van der Waals surface area contributed by atoms with E-state index in [0.29, 0.717) is 5.92 Å². The van der Waals surface area contributed by atoms with E-state index in [4.69, 9.17) is 0 Å². The molecule has 88 valence electrons. The molecule has 0 heteroatoms. The minimum Gasteiger partial charge on any atom is -0.0616 e. The Kier molecular flexibility index (Phi) is 2.47. The highest BCUT2D eigenvalue weighted by Gasteiger charge is 2.21. The molecule has 0 fully saturated rings. The molecule has 0 aromatic heterocycles. The summed E-state index contributed by atoms with van der Waals surface area (Å²) in [6.07, 6.45) is 3.91. The average Bonchev–Trinajstić information content (AvgIpc) is 2.78. The van der Waals surface area contributed by atoms with E-state index in [1.165, 1.54) is 35.6 Å². The fraction of sp³-hybridized carbons (Fsp3) is 0.412. The van der Waals surface area contributed by atoms with Crippen LogP contribution in [0.1, 0.15) is 48.4 Å². The van der Waals surface area contributed by atoms with E-state index in [-0.39, 0.29) is 0 Å². The number of fused-ring (bicyclic) bond motifs is 2. The van der Waals surface area contributed by atoms with Crippen molar-refractivity contribution in [2.24, 2.45) is 0 Å². The molecular weight excluding hydrogens is 204 g/mol. The van der Waals surface area contributed by atoms with E-state index in [1.54, 1.807) is 16.7 Å². The highest BCUT2D eigenvalue weighted by atomic mass is 14.3.